The minimum Gasteiger partial charge on any atom is -0.497 e. The second-order valence-electron chi connectivity index (χ2n) is 5.06. The number of hydrogen-bond acceptors (Lipinski definition) is 3. The molecule has 0 saturated heterocycles. The normalized spacial score (nSPS) is 20.7. The maximum absolute atomic E-state index is 12.5. The van der Waals surface area contributed by atoms with Crippen LogP contribution in [0.2, 0.25) is 0 Å². The first kappa shape index (κ1) is 15.3. The number of alkyl halides is 1. The molecule has 1 aliphatic rings. The van der Waals surface area contributed by atoms with E-state index in [0.29, 0.717) is 0 Å². The minimum atomic E-state index is -0.285. The Labute approximate surface area is 139 Å². The van der Waals surface area contributed by atoms with Gasteiger partial charge in [0.25, 0.3) is 0 Å². The number of fused-ring (bicyclic) bond motifs is 1. The molecule has 1 aliphatic heterocycles. The molecule has 2 aromatic rings. The predicted molar refractivity (Wildman–Crippen MR) is 90.9 cm³/mol. The van der Waals surface area contributed by atoms with Gasteiger partial charge in [0.1, 0.15) is 5.75 Å². The van der Waals surface area contributed by atoms with Gasteiger partial charge in [0.2, 0.25) is 5.91 Å². The number of anilines is 1. The Morgan fingerprint density at radius 2 is 1.91 bits per heavy atom. The summed E-state index contributed by atoms with van der Waals surface area (Å²) in [6.07, 6.45) is 0. The average Bonchev–Trinajstić information content (AvgIpc) is 2.70. The summed E-state index contributed by atoms with van der Waals surface area (Å²) >= 11 is 7.77. The lowest BCUT2D eigenvalue weighted by Crippen LogP contribution is -2.26. The highest BCUT2D eigenvalue weighted by Crippen LogP contribution is 2.46. The van der Waals surface area contributed by atoms with E-state index >= 15 is 0 Å². The molecule has 0 aliphatic carbocycles. The summed E-state index contributed by atoms with van der Waals surface area (Å²) in [4.78, 5) is 13.5. The number of rotatable bonds is 3. The summed E-state index contributed by atoms with van der Waals surface area (Å²) in [6, 6.07) is 15.7. The Kier molecular flexibility index (Phi) is 4.60. The highest BCUT2D eigenvalue weighted by atomic mass is 35.5. The molecule has 22 heavy (non-hydrogen) atoms. The Balaban J connectivity index is 2.00. The molecule has 3 nitrogen and oxygen atoms in total. The second kappa shape index (κ2) is 6.63. The summed E-state index contributed by atoms with van der Waals surface area (Å²) in [7, 11) is 1.64. The molecule has 0 fully saturated rings. The molecule has 0 spiro atoms. The fourth-order valence-electron chi connectivity index (χ4n) is 2.50. The number of carbonyl (C=O) groups is 1. The van der Waals surface area contributed by atoms with E-state index in [1.54, 1.807) is 18.9 Å². The van der Waals surface area contributed by atoms with Crippen LogP contribution < -0.4 is 10.1 Å². The van der Waals surface area contributed by atoms with Crippen molar-refractivity contribution < 1.29 is 9.53 Å². The second-order valence-corrected chi connectivity index (χ2v) is 6.55. The maximum Gasteiger partial charge on any atom is 0.230 e. The van der Waals surface area contributed by atoms with Crippen molar-refractivity contribution in [1.82, 2.24) is 0 Å². The number of hydrogen-bond donors (Lipinski definition) is 1. The van der Waals surface area contributed by atoms with Crippen LogP contribution in [-0.4, -0.2) is 18.9 Å². The molecule has 0 radical (unpaired) electrons. The van der Waals surface area contributed by atoms with E-state index in [-0.39, 0.29) is 23.0 Å². The maximum atomic E-state index is 12.5. The lowest BCUT2D eigenvalue weighted by Gasteiger charge is -2.21. The highest BCUT2D eigenvalue weighted by Gasteiger charge is 2.33. The van der Waals surface area contributed by atoms with Gasteiger partial charge in [-0.3, -0.25) is 4.79 Å². The van der Waals surface area contributed by atoms with Crippen LogP contribution in [0.4, 0.5) is 5.69 Å². The SMILES string of the molecule is COc1ccc(C2Sc3ccccc3NC(=O)C2CCl)cc1. The first-order valence-electron chi connectivity index (χ1n) is 6.99. The number of amides is 1. The van der Waals surface area contributed by atoms with Gasteiger partial charge in [-0.05, 0) is 29.8 Å². The van der Waals surface area contributed by atoms with E-state index in [0.717, 1.165) is 21.9 Å². The molecule has 5 heteroatoms. The Hall–Kier alpha value is -1.65. The highest BCUT2D eigenvalue weighted by molar-refractivity contribution is 7.99. The average molecular weight is 334 g/mol. The zero-order valence-corrected chi connectivity index (χ0v) is 13.7. The minimum absolute atomic E-state index is 0.0212. The zero-order chi connectivity index (χ0) is 15.5. The summed E-state index contributed by atoms with van der Waals surface area (Å²) in [5, 5.41) is 2.96. The van der Waals surface area contributed by atoms with Crippen LogP contribution in [0.3, 0.4) is 0 Å². The van der Waals surface area contributed by atoms with Gasteiger partial charge in [-0.15, -0.1) is 23.4 Å². The van der Waals surface area contributed by atoms with Crippen LogP contribution in [0.5, 0.6) is 5.75 Å². The molecule has 3 rings (SSSR count). The van der Waals surface area contributed by atoms with Crippen LogP contribution in [0.1, 0.15) is 10.8 Å². The molecule has 1 amide bonds. The first-order valence-corrected chi connectivity index (χ1v) is 8.41. The van der Waals surface area contributed by atoms with E-state index in [2.05, 4.69) is 5.32 Å². The lowest BCUT2D eigenvalue weighted by atomic mass is 9.99. The number of methoxy groups -OCH3 is 1. The van der Waals surface area contributed by atoms with Crippen molar-refractivity contribution in [3.05, 3.63) is 54.1 Å². The predicted octanol–water partition coefficient (Wildman–Crippen LogP) is 4.34. The summed E-state index contributed by atoms with van der Waals surface area (Å²) in [5.41, 5.74) is 1.92. The van der Waals surface area contributed by atoms with Gasteiger partial charge < -0.3 is 10.1 Å². The van der Waals surface area contributed by atoms with Gasteiger partial charge in [0.15, 0.2) is 0 Å². The van der Waals surface area contributed by atoms with E-state index in [1.165, 1.54) is 0 Å². The standard InChI is InChI=1S/C17H16ClNO2S/c1-21-12-8-6-11(7-9-12)16-13(10-18)17(20)19-14-4-2-3-5-15(14)22-16/h2-9,13,16H,10H2,1H3,(H,19,20). The quantitative estimate of drug-likeness (QED) is 0.849. The van der Waals surface area contributed by atoms with E-state index in [9.17, 15) is 4.79 Å². The topological polar surface area (TPSA) is 38.3 Å². The largest absolute Gasteiger partial charge is 0.497 e. The fourth-order valence-corrected chi connectivity index (χ4v) is 4.28. The number of halogens is 1. The molecular formula is C17H16ClNO2S. The fraction of sp³-hybridized carbons (Fsp3) is 0.235. The monoisotopic (exact) mass is 333 g/mol. The van der Waals surface area contributed by atoms with Gasteiger partial charge in [0.05, 0.1) is 18.7 Å². The van der Waals surface area contributed by atoms with Gasteiger partial charge in [-0.2, -0.15) is 0 Å². The molecule has 2 unspecified atom stereocenters. The zero-order valence-electron chi connectivity index (χ0n) is 12.1. The number of nitrogens with one attached hydrogen (secondary N) is 1. The summed E-state index contributed by atoms with van der Waals surface area (Å²) in [5.74, 6) is 0.763. The van der Waals surface area contributed by atoms with Crippen molar-refractivity contribution in [2.45, 2.75) is 10.1 Å². The Bertz CT molecular complexity index is 675. The van der Waals surface area contributed by atoms with Crippen LogP contribution in [0.15, 0.2) is 53.4 Å². The van der Waals surface area contributed by atoms with Crippen LogP contribution in [-0.2, 0) is 4.79 Å². The molecule has 114 valence electrons. The third kappa shape index (κ3) is 2.94. The van der Waals surface area contributed by atoms with Crippen molar-refractivity contribution in [2.24, 2.45) is 5.92 Å². The van der Waals surface area contributed by atoms with Crippen LogP contribution >= 0.6 is 23.4 Å². The van der Waals surface area contributed by atoms with Gasteiger partial charge >= 0.3 is 0 Å². The van der Waals surface area contributed by atoms with Crippen LogP contribution in [0.25, 0.3) is 0 Å². The van der Waals surface area contributed by atoms with Gasteiger partial charge in [0, 0.05) is 16.0 Å². The van der Waals surface area contributed by atoms with Gasteiger partial charge in [-0.25, -0.2) is 0 Å². The molecular weight excluding hydrogens is 318 g/mol. The molecule has 1 N–H and O–H groups in total. The molecule has 0 bridgehead atoms. The molecule has 0 aromatic heterocycles. The number of thioether (sulfide) groups is 1. The number of carbonyl (C=O) groups excluding carboxylic acids is 1. The first-order chi connectivity index (χ1) is 10.7. The van der Waals surface area contributed by atoms with Crippen LogP contribution in [0, 0.1) is 5.92 Å². The third-order valence-electron chi connectivity index (χ3n) is 3.71. The molecule has 2 aromatic carbocycles. The Morgan fingerprint density at radius 1 is 1.18 bits per heavy atom. The third-order valence-corrected chi connectivity index (χ3v) is 5.51. The number of para-hydroxylation sites is 1. The van der Waals surface area contributed by atoms with Crippen molar-refractivity contribution in [1.29, 1.82) is 0 Å². The smallest absolute Gasteiger partial charge is 0.230 e. The summed E-state index contributed by atoms with van der Waals surface area (Å²) < 4.78 is 5.20. The van der Waals surface area contributed by atoms with E-state index < -0.39 is 0 Å². The Morgan fingerprint density at radius 3 is 2.59 bits per heavy atom. The molecule has 0 saturated carbocycles. The molecule has 1 heterocycles. The van der Waals surface area contributed by atoms with Crippen molar-refractivity contribution in [3.63, 3.8) is 0 Å². The summed E-state index contributed by atoms with van der Waals surface area (Å²) in [6.45, 7) is 0. The lowest BCUT2D eigenvalue weighted by molar-refractivity contribution is -0.119. The number of benzene rings is 2. The van der Waals surface area contributed by atoms with E-state index in [1.807, 2.05) is 48.5 Å². The van der Waals surface area contributed by atoms with Gasteiger partial charge in [-0.1, -0.05) is 24.3 Å². The van der Waals surface area contributed by atoms with E-state index in [4.69, 9.17) is 16.3 Å². The van der Waals surface area contributed by atoms with Crippen molar-refractivity contribution >= 4 is 35.0 Å². The molecule has 2 atom stereocenters. The van der Waals surface area contributed by atoms with Crippen molar-refractivity contribution in [3.8, 4) is 5.75 Å². The number of ether oxygens (including phenoxy) is 1. The van der Waals surface area contributed by atoms with Crippen molar-refractivity contribution in [2.75, 3.05) is 18.3 Å².